The third-order valence-electron chi connectivity index (χ3n) is 4.60. The highest BCUT2D eigenvalue weighted by atomic mass is 16.5. The van der Waals surface area contributed by atoms with Gasteiger partial charge >= 0.3 is 0 Å². The van der Waals surface area contributed by atoms with E-state index in [1.165, 1.54) is 5.56 Å². The topological polar surface area (TPSA) is 38.7 Å². The monoisotopic (exact) mass is 248 g/mol. The van der Waals surface area contributed by atoms with Gasteiger partial charge in [0.05, 0.1) is 19.3 Å². The van der Waals surface area contributed by atoms with Gasteiger partial charge in [0.15, 0.2) is 0 Å². The number of benzene rings is 1. The van der Waals surface area contributed by atoms with Crippen molar-refractivity contribution in [2.24, 2.45) is 5.41 Å². The molecule has 0 amide bonds. The highest BCUT2D eigenvalue weighted by Gasteiger charge is 2.44. The molecule has 2 aliphatic rings. The fourth-order valence-electron chi connectivity index (χ4n) is 3.25. The Morgan fingerprint density at radius 1 is 1.39 bits per heavy atom. The zero-order chi connectivity index (χ0) is 12.6. The van der Waals surface area contributed by atoms with Crippen LogP contribution in [0.15, 0.2) is 24.3 Å². The summed E-state index contributed by atoms with van der Waals surface area (Å²) < 4.78 is 11.4. The van der Waals surface area contributed by atoms with Gasteiger partial charge in [0.2, 0.25) is 0 Å². The second-order valence-corrected chi connectivity index (χ2v) is 5.53. The molecule has 18 heavy (non-hydrogen) atoms. The van der Waals surface area contributed by atoms with E-state index in [0.29, 0.717) is 5.92 Å². The first-order chi connectivity index (χ1) is 8.75. The van der Waals surface area contributed by atoms with E-state index in [9.17, 15) is 5.11 Å². The Balaban J connectivity index is 1.81. The van der Waals surface area contributed by atoms with E-state index < -0.39 is 0 Å². The lowest BCUT2D eigenvalue weighted by Gasteiger charge is -2.32. The molecule has 0 saturated carbocycles. The van der Waals surface area contributed by atoms with Crippen LogP contribution in [0.1, 0.15) is 31.2 Å². The molecule has 1 aromatic carbocycles. The van der Waals surface area contributed by atoms with Gasteiger partial charge in [-0.15, -0.1) is 0 Å². The van der Waals surface area contributed by atoms with Gasteiger partial charge in [-0.05, 0) is 25.8 Å². The van der Waals surface area contributed by atoms with Gasteiger partial charge in [-0.3, -0.25) is 0 Å². The maximum atomic E-state index is 9.77. The van der Waals surface area contributed by atoms with E-state index >= 15 is 0 Å². The molecule has 3 heteroatoms. The number of fused-ring (bicyclic) bond motifs is 1. The Morgan fingerprint density at radius 2 is 2.22 bits per heavy atom. The molecule has 1 fully saturated rings. The van der Waals surface area contributed by atoms with E-state index in [2.05, 4.69) is 19.1 Å². The molecule has 1 saturated heterocycles. The van der Waals surface area contributed by atoms with Crippen molar-refractivity contribution in [3.8, 4) is 5.75 Å². The van der Waals surface area contributed by atoms with Gasteiger partial charge in [0.25, 0.3) is 0 Å². The van der Waals surface area contributed by atoms with Crippen LogP contribution in [-0.4, -0.2) is 31.0 Å². The largest absolute Gasteiger partial charge is 0.493 e. The number of aliphatic hydroxyl groups excluding tert-OH is 1. The molecule has 2 heterocycles. The Morgan fingerprint density at radius 3 is 2.94 bits per heavy atom. The SMILES string of the molecule is CC1OCCC1(CO)CC1COc2ccccc21. The highest BCUT2D eigenvalue weighted by Crippen LogP contribution is 2.46. The molecule has 1 aromatic rings. The molecular formula is C15H20O3. The van der Waals surface area contributed by atoms with Crippen LogP contribution in [0.5, 0.6) is 5.75 Å². The Bertz CT molecular complexity index is 432. The van der Waals surface area contributed by atoms with E-state index in [1.54, 1.807) is 0 Å². The summed E-state index contributed by atoms with van der Waals surface area (Å²) in [6.07, 6.45) is 2.03. The van der Waals surface area contributed by atoms with Gasteiger partial charge in [0, 0.05) is 23.5 Å². The maximum Gasteiger partial charge on any atom is 0.122 e. The van der Waals surface area contributed by atoms with Crippen molar-refractivity contribution in [2.45, 2.75) is 31.8 Å². The molecule has 3 rings (SSSR count). The van der Waals surface area contributed by atoms with Crippen LogP contribution in [-0.2, 0) is 4.74 Å². The van der Waals surface area contributed by atoms with Gasteiger partial charge in [-0.25, -0.2) is 0 Å². The quantitative estimate of drug-likeness (QED) is 0.892. The first kappa shape index (κ1) is 12.0. The molecule has 0 aliphatic carbocycles. The van der Waals surface area contributed by atoms with Gasteiger partial charge in [-0.1, -0.05) is 18.2 Å². The zero-order valence-electron chi connectivity index (χ0n) is 10.8. The maximum absolute atomic E-state index is 9.77. The first-order valence-electron chi connectivity index (χ1n) is 6.69. The van der Waals surface area contributed by atoms with Crippen molar-refractivity contribution in [3.05, 3.63) is 29.8 Å². The number of ether oxygens (including phenoxy) is 2. The normalized spacial score (nSPS) is 34.3. The minimum Gasteiger partial charge on any atom is -0.493 e. The van der Waals surface area contributed by atoms with Gasteiger partial charge in [-0.2, -0.15) is 0 Å². The fourth-order valence-corrected chi connectivity index (χ4v) is 3.25. The predicted octanol–water partition coefficient (Wildman–Crippen LogP) is 2.34. The average molecular weight is 248 g/mol. The zero-order valence-corrected chi connectivity index (χ0v) is 10.8. The van der Waals surface area contributed by atoms with E-state index in [0.717, 1.165) is 31.8 Å². The molecule has 0 aromatic heterocycles. The standard InChI is InChI=1S/C15H20O3/c1-11-15(10-16,6-7-17-11)8-12-9-18-14-5-3-2-4-13(12)14/h2-5,11-12,16H,6-10H2,1H3. The number of aliphatic hydroxyl groups is 1. The molecule has 1 N–H and O–H groups in total. The minimum absolute atomic E-state index is 0.0918. The third-order valence-corrected chi connectivity index (χ3v) is 4.60. The second-order valence-electron chi connectivity index (χ2n) is 5.53. The summed E-state index contributed by atoms with van der Waals surface area (Å²) in [5, 5.41) is 9.77. The first-order valence-corrected chi connectivity index (χ1v) is 6.69. The molecule has 2 aliphatic heterocycles. The summed E-state index contributed by atoms with van der Waals surface area (Å²) in [6.45, 7) is 3.77. The summed E-state index contributed by atoms with van der Waals surface area (Å²) in [7, 11) is 0. The smallest absolute Gasteiger partial charge is 0.122 e. The number of hydrogen-bond donors (Lipinski definition) is 1. The summed E-state index contributed by atoms with van der Waals surface area (Å²) in [6, 6.07) is 8.22. The van der Waals surface area contributed by atoms with Gasteiger partial charge < -0.3 is 14.6 Å². The van der Waals surface area contributed by atoms with E-state index in [1.807, 2.05) is 12.1 Å². The molecular weight excluding hydrogens is 228 g/mol. The lowest BCUT2D eigenvalue weighted by atomic mass is 9.74. The Kier molecular flexibility index (Phi) is 3.04. The second kappa shape index (κ2) is 4.56. The summed E-state index contributed by atoms with van der Waals surface area (Å²) in [5.41, 5.74) is 1.19. The molecule has 0 radical (unpaired) electrons. The number of para-hydroxylation sites is 1. The van der Waals surface area contributed by atoms with Crippen LogP contribution in [0.4, 0.5) is 0 Å². The Labute approximate surface area is 108 Å². The molecule has 0 spiro atoms. The van der Waals surface area contributed by atoms with Crippen LogP contribution < -0.4 is 4.74 Å². The predicted molar refractivity (Wildman–Crippen MR) is 68.8 cm³/mol. The highest BCUT2D eigenvalue weighted by molar-refractivity contribution is 5.39. The summed E-state index contributed by atoms with van der Waals surface area (Å²) in [4.78, 5) is 0. The number of rotatable bonds is 3. The van der Waals surface area contributed by atoms with Crippen molar-refractivity contribution >= 4 is 0 Å². The lowest BCUT2D eigenvalue weighted by Crippen LogP contribution is -2.34. The van der Waals surface area contributed by atoms with Crippen LogP contribution in [0.3, 0.4) is 0 Å². The lowest BCUT2D eigenvalue weighted by molar-refractivity contribution is 0.0163. The van der Waals surface area contributed by atoms with Crippen molar-refractivity contribution in [1.82, 2.24) is 0 Å². The van der Waals surface area contributed by atoms with E-state index in [4.69, 9.17) is 9.47 Å². The van der Waals surface area contributed by atoms with Crippen LogP contribution in [0, 0.1) is 5.41 Å². The van der Waals surface area contributed by atoms with Crippen LogP contribution in [0.2, 0.25) is 0 Å². The average Bonchev–Trinajstić information content (AvgIpc) is 2.96. The van der Waals surface area contributed by atoms with Crippen molar-refractivity contribution in [3.63, 3.8) is 0 Å². The Hall–Kier alpha value is -1.06. The molecule has 98 valence electrons. The molecule has 3 nitrogen and oxygen atoms in total. The van der Waals surface area contributed by atoms with Crippen molar-refractivity contribution in [1.29, 1.82) is 0 Å². The third kappa shape index (κ3) is 1.82. The summed E-state index contributed by atoms with van der Waals surface area (Å²) >= 11 is 0. The summed E-state index contributed by atoms with van der Waals surface area (Å²) in [5.74, 6) is 1.39. The minimum atomic E-state index is -0.0918. The fraction of sp³-hybridized carbons (Fsp3) is 0.600. The molecule has 0 bridgehead atoms. The van der Waals surface area contributed by atoms with Gasteiger partial charge in [0.1, 0.15) is 5.75 Å². The van der Waals surface area contributed by atoms with Crippen molar-refractivity contribution < 1.29 is 14.6 Å². The molecule has 3 unspecified atom stereocenters. The molecule has 3 atom stereocenters. The van der Waals surface area contributed by atoms with Crippen molar-refractivity contribution in [2.75, 3.05) is 19.8 Å². The number of hydrogen-bond acceptors (Lipinski definition) is 3. The van der Waals surface area contributed by atoms with E-state index in [-0.39, 0.29) is 18.1 Å². The van der Waals surface area contributed by atoms with Crippen LogP contribution >= 0.6 is 0 Å². The van der Waals surface area contributed by atoms with Crippen LogP contribution in [0.25, 0.3) is 0 Å².